The van der Waals surface area contributed by atoms with Crippen LogP contribution in [0.15, 0.2) is 0 Å². The van der Waals surface area contributed by atoms with E-state index in [9.17, 15) is 14.7 Å². The Morgan fingerprint density at radius 1 is 1.27 bits per heavy atom. The first-order chi connectivity index (χ1) is 6.74. The largest absolute Gasteiger partial charge is 0.387 e. The molecule has 15 heavy (non-hydrogen) atoms. The maximum atomic E-state index is 11.3. The molecule has 0 radical (unpaired) electrons. The molecule has 0 fully saturated rings. The van der Waals surface area contributed by atoms with Gasteiger partial charge in [-0.25, -0.2) is 0 Å². The number of quaternary nitrogens is 1. The topological polar surface area (TPSA) is 54.4 Å². The number of hydrogen-bond acceptors (Lipinski definition) is 4. The van der Waals surface area contributed by atoms with Crippen LogP contribution in [0.3, 0.4) is 0 Å². The van der Waals surface area contributed by atoms with Gasteiger partial charge in [0.05, 0.1) is 21.1 Å². The molecule has 0 spiro atoms. The molecule has 0 aromatic carbocycles. The van der Waals surface area contributed by atoms with Crippen LogP contribution in [0.5, 0.6) is 0 Å². The molecule has 4 nitrogen and oxygen atoms in total. The lowest BCUT2D eigenvalue weighted by Crippen LogP contribution is -2.41. The third-order valence-electron chi connectivity index (χ3n) is 1.68. The van der Waals surface area contributed by atoms with Crippen LogP contribution >= 0.6 is 11.8 Å². The summed E-state index contributed by atoms with van der Waals surface area (Å²) in [6.07, 6.45) is -0.275. The van der Waals surface area contributed by atoms with Gasteiger partial charge in [0.1, 0.15) is 12.6 Å². The van der Waals surface area contributed by atoms with Gasteiger partial charge in [0.25, 0.3) is 0 Å². The van der Waals surface area contributed by atoms with Gasteiger partial charge in [0.2, 0.25) is 0 Å². The van der Waals surface area contributed by atoms with E-state index in [0.29, 0.717) is 29.2 Å². The Labute approximate surface area is 95.2 Å². The van der Waals surface area contributed by atoms with Crippen molar-refractivity contribution in [2.24, 2.45) is 0 Å². The number of rotatable bonds is 5. The molecule has 1 N–H and O–H groups in total. The average molecular weight is 234 g/mol. The highest BCUT2D eigenvalue weighted by Crippen LogP contribution is 2.12. The van der Waals surface area contributed by atoms with Gasteiger partial charge in [-0.1, -0.05) is 6.92 Å². The Kier molecular flexibility index (Phi) is 6.09. The lowest BCUT2D eigenvalue weighted by Gasteiger charge is -2.26. The summed E-state index contributed by atoms with van der Waals surface area (Å²) in [4.78, 5) is 22.2. The number of aliphatic hydroxyl groups excluding tert-OH is 1. The molecule has 0 aromatic heterocycles. The molecule has 0 bridgehead atoms. The highest BCUT2D eigenvalue weighted by atomic mass is 32.2. The minimum Gasteiger partial charge on any atom is -0.387 e. The Balaban J connectivity index is 3.92. The number of thioether (sulfide) groups is 1. The standard InChI is InChI=1S/C10H20NO3S/c1-5-9(13)15-10(14)6-8(12)7-11(2,3)4/h8,12H,5-7H2,1-4H3/q+1. The maximum Gasteiger partial charge on any atom is 0.199 e. The van der Waals surface area contributed by atoms with Gasteiger partial charge in [-0.2, -0.15) is 0 Å². The van der Waals surface area contributed by atoms with E-state index in [1.54, 1.807) is 6.92 Å². The highest BCUT2D eigenvalue weighted by Gasteiger charge is 2.20. The van der Waals surface area contributed by atoms with Crippen molar-refractivity contribution in [2.45, 2.75) is 25.9 Å². The van der Waals surface area contributed by atoms with E-state index in [0.717, 1.165) is 0 Å². The number of carbonyl (C=O) groups is 2. The van der Waals surface area contributed by atoms with E-state index in [1.807, 2.05) is 21.1 Å². The SMILES string of the molecule is CCC(=O)SC(=O)CC(O)C[N+](C)(C)C. The summed E-state index contributed by atoms with van der Waals surface area (Å²) in [6, 6.07) is 0. The molecule has 5 heteroatoms. The van der Waals surface area contributed by atoms with Crippen LogP contribution in [0, 0.1) is 0 Å². The molecule has 0 aliphatic rings. The first-order valence-corrected chi connectivity index (χ1v) is 5.78. The van der Waals surface area contributed by atoms with E-state index in [1.165, 1.54) is 0 Å². The molecule has 0 amide bonds. The van der Waals surface area contributed by atoms with Crippen molar-refractivity contribution < 1.29 is 19.2 Å². The van der Waals surface area contributed by atoms with Crippen LogP contribution in [0.4, 0.5) is 0 Å². The zero-order chi connectivity index (χ0) is 12.1. The Morgan fingerprint density at radius 2 is 1.80 bits per heavy atom. The van der Waals surface area contributed by atoms with Crippen LogP contribution in [0.2, 0.25) is 0 Å². The van der Waals surface area contributed by atoms with Crippen molar-refractivity contribution in [3.8, 4) is 0 Å². The van der Waals surface area contributed by atoms with Crippen LogP contribution in [-0.4, -0.2) is 53.6 Å². The zero-order valence-corrected chi connectivity index (χ0v) is 10.6. The molecule has 0 aliphatic carbocycles. The van der Waals surface area contributed by atoms with Crippen molar-refractivity contribution in [2.75, 3.05) is 27.7 Å². The van der Waals surface area contributed by atoms with Crippen LogP contribution < -0.4 is 0 Å². The first-order valence-electron chi connectivity index (χ1n) is 4.96. The minimum atomic E-state index is -0.672. The molecule has 88 valence electrons. The second-order valence-electron chi connectivity index (χ2n) is 4.53. The molecular formula is C10H20NO3S+. The number of hydrogen-bond donors (Lipinski definition) is 1. The Bertz CT molecular complexity index is 235. The molecule has 1 atom stereocenters. The van der Waals surface area contributed by atoms with E-state index >= 15 is 0 Å². The summed E-state index contributed by atoms with van der Waals surface area (Å²) >= 11 is 0.709. The maximum absolute atomic E-state index is 11.3. The van der Waals surface area contributed by atoms with E-state index in [-0.39, 0.29) is 16.7 Å². The summed E-state index contributed by atoms with van der Waals surface area (Å²) in [5.41, 5.74) is 0. The summed E-state index contributed by atoms with van der Waals surface area (Å²) in [6.45, 7) is 2.22. The average Bonchev–Trinajstić information content (AvgIpc) is 1.99. The van der Waals surface area contributed by atoms with E-state index in [2.05, 4.69) is 0 Å². The predicted octanol–water partition coefficient (Wildman–Crippen LogP) is 0.640. The van der Waals surface area contributed by atoms with E-state index < -0.39 is 6.10 Å². The fourth-order valence-corrected chi connectivity index (χ4v) is 1.80. The van der Waals surface area contributed by atoms with Crippen LogP contribution in [0.25, 0.3) is 0 Å². The fourth-order valence-electron chi connectivity index (χ4n) is 1.13. The van der Waals surface area contributed by atoms with E-state index in [4.69, 9.17) is 0 Å². The monoisotopic (exact) mass is 234 g/mol. The molecule has 0 rings (SSSR count). The highest BCUT2D eigenvalue weighted by molar-refractivity contribution is 8.26. The fraction of sp³-hybridized carbons (Fsp3) is 0.800. The quantitative estimate of drug-likeness (QED) is 0.709. The third-order valence-corrected chi connectivity index (χ3v) is 2.59. The second-order valence-corrected chi connectivity index (χ2v) is 5.65. The van der Waals surface area contributed by atoms with Gasteiger partial charge in [-0.3, -0.25) is 9.59 Å². The molecule has 0 saturated heterocycles. The number of likely N-dealkylation sites (N-methyl/N-ethyl adjacent to an activating group) is 1. The van der Waals surface area contributed by atoms with Crippen LogP contribution in [-0.2, 0) is 9.59 Å². The van der Waals surface area contributed by atoms with Crippen molar-refractivity contribution in [3.05, 3.63) is 0 Å². The van der Waals surface area contributed by atoms with Crippen molar-refractivity contribution in [1.29, 1.82) is 0 Å². The van der Waals surface area contributed by atoms with Crippen LogP contribution in [0.1, 0.15) is 19.8 Å². The molecular weight excluding hydrogens is 214 g/mol. The van der Waals surface area contributed by atoms with Gasteiger partial charge in [-0.15, -0.1) is 0 Å². The zero-order valence-electron chi connectivity index (χ0n) is 9.82. The summed E-state index contributed by atoms with van der Waals surface area (Å²) in [5, 5.41) is 9.19. The molecule has 0 saturated carbocycles. The molecule has 0 aliphatic heterocycles. The summed E-state index contributed by atoms with van der Waals surface area (Å²) in [5.74, 6) is 0. The Morgan fingerprint density at radius 3 is 2.20 bits per heavy atom. The Hall–Kier alpha value is -0.390. The number of aliphatic hydroxyl groups is 1. The second kappa shape index (κ2) is 6.25. The third kappa shape index (κ3) is 8.59. The van der Waals surface area contributed by atoms with Gasteiger partial charge in [-0.05, 0) is 11.8 Å². The predicted molar refractivity (Wildman–Crippen MR) is 61.4 cm³/mol. The summed E-state index contributed by atoms with van der Waals surface area (Å²) in [7, 11) is 5.83. The molecule has 1 unspecified atom stereocenters. The minimum absolute atomic E-state index is 0.0475. The smallest absolute Gasteiger partial charge is 0.199 e. The van der Waals surface area contributed by atoms with Gasteiger partial charge in [0.15, 0.2) is 10.2 Å². The normalized spacial score (nSPS) is 13.7. The van der Waals surface area contributed by atoms with Crippen molar-refractivity contribution >= 4 is 22.0 Å². The van der Waals surface area contributed by atoms with Gasteiger partial charge >= 0.3 is 0 Å². The van der Waals surface area contributed by atoms with Crippen molar-refractivity contribution in [1.82, 2.24) is 0 Å². The number of nitrogens with zero attached hydrogens (tertiary/aromatic N) is 1. The van der Waals surface area contributed by atoms with Crippen molar-refractivity contribution in [3.63, 3.8) is 0 Å². The number of carbonyl (C=O) groups excluding carboxylic acids is 2. The first kappa shape index (κ1) is 14.6. The molecule has 0 aromatic rings. The van der Waals surface area contributed by atoms with Gasteiger partial charge in [0, 0.05) is 12.8 Å². The molecule has 0 heterocycles. The van der Waals surface area contributed by atoms with Gasteiger partial charge < -0.3 is 9.59 Å². The lowest BCUT2D eigenvalue weighted by molar-refractivity contribution is -0.873. The summed E-state index contributed by atoms with van der Waals surface area (Å²) < 4.78 is 0.598. The lowest BCUT2D eigenvalue weighted by atomic mass is 10.2.